The number of para-hydroxylation sites is 1. The van der Waals surface area contributed by atoms with Crippen LogP contribution in [0.25, 0.3) is 0 Å². The molecule has 0 saturated carbocycles. The fourth-order valence-electron chi connectivity index (χ4n) is 1.28. The quantitative estimate of drug-likeness (QED) is 0.730. The Kier molecular flexibility index (Phi) is 2.25. The fraction of sp³-hybridized carbons (Fsp3) is 0.111. The van der Waals surface area contributed by atoms with Crippen LogP contribution in [0.2, 0.25) is 0 Å². The van der Waals surface area contributed by atoms with E-state index in [-0.39, 0.29) is 18.4 Å². The molecule has 4 nitrogen and oxygen atoms in total. The molecule has 14 heavy (non-hydrogen) atoms. The van der Waals surface area contributed by atoms with Gasteiger partial charge in [0.25, 0.3) is 5.91 Å². The number of nitrogens with one attached hydrogen (secondary N) is 2. The molecule has 2 amide bonds. The highest BCUT2D eigenvalue weighted by atomic mass is 79.9. The van der Waals surface area contributed by atoms with Crippen LogP contribution in [-0.2, 0) is 4.79 Å². The largest absolute Gasteiger partial charge is 0.343 e. The third-order valence-corrected chi connectivity index (χ3v) is 2.59. The van der Waals surface area contributed by atoms with Crippen molar-refractivity contribution < 1.29 is 9.59 Å². The predicted octanol–water partition coefficient (Wildman–Crippen LogP) is 1.13. The molecule has 1 heterocycles. The Labute approximate surface area is 88.8 Å². The summed E-state index contributed by atoms with van der Waals surface area (Å²) in [5, 5.41) is 5.16. The SMILES string of the molecule is O=C1CNC(=O)c2cccc(Br)c2N1. The smallest absolute Gasteiger partial charge is 0.253 e. The lowest BCUT2D eigenvalue weighted by Gasteiger charge is -2.06. The number of rotatable bonds is 0. The van der Waals surface area contributed by atoms with E-state index < -0.39 is 0 Å². The van der Waals surface area contributed by atoms with Gasteiger partial charge in [-0.1, -0.05) is 6.07 Å². The highest BCUT2D eigenvalue weighted by molar-refractivity contribution is 9.10. The molecule has 0 aromatic heterocycles. The van der Waals surface area contributed by atoms with E-state index >= 15 is 0 Å². The fourth-order valence-corrected chi connectivity index (χ4v) is 1.75. The van der Waals surface area contributed by atoms with Gasteiger partial charge in [-0.05, 0) is 28.1 Å². The van der Waals surface area contributed by atoms with Gasteiger partial charge in [0.15, 0.2) is 0 Å². The van der Waals surface area contributed by atoms with Crippen molar-refractivity contribution in [1.82, 2.24) is 5.32 Å². The summed E-state index contributed by atoms with van der Waals surface area (Å²) < 4.78 is 0.709. The van der Waals surface area contributed by atoms with E-state index in [1.807, 2.05) is 0 Å². The molecule has 0 bridgehead atoms. The maximum atomic E-state index is 11.5. The number of hydrogen-bond acceptors (Lipinski definition) is 2. The van der Waals surface area contributed by atoms with Crippen molar-refractivity contribution in [1.29, 1.82) is 0 Å². The van der Waals surface area contributed by atoms with Gasteiger partial charge in [-0.3, -0.25) is 9.59 Å². The Morgan fingerprint density at radius 1 is 1.29 bits per heavy atom. The number of anilines is 1. The predicted molar refractivity (Wildman–Crippen MR) is 55.1 cm³/mol. The van der Waals surface area contributed by atoms with Crippen molar-refractivity contribution in [3.05, 3.63) is 28.2 Å². The van der Waals surface area contributed by atoms with Crippen molar-refractivity contribution in [3.63, 3.8) is 0 Å². The zero-order valence-electron chi connectivity index (χ0n) is 7.13. The highest BCUT2D eigenvalue weighted by Crippen LogP contribution is 2.27. The topological polar surface area (TPSA) is 58.2 Å². The van der Waals surface area contributed by atoms with Crippen molar-refractivity contribution in [2.75, 3.05) is 11.9 Å². The molecule has 0 atom stereocenters. The van der Waals surface area contributed by atoms with Gasteiger partial charge < -0.3 is 10.6 Å². The lowest BCUT2D eigenvalue weighted by Crippen LogP contribution is -2.28. The maximum absolute atomic E-state index is 11.5. The molecule has 1 aromatic rings. The number of carbonyl (C=O) groups is 2. The third kappa shape index (κ3) is 1.50. The van der Waals surface area contributed by atoms with Crippen LogP contribution in [0.4, 0.5) is 5.69 Å². The van der Waals surface area contributed by atoms with Crippen LogP contribution in [0.15, 0.2) is 22.7 Å². The van der Waals surface area contributed by atoms with Crippen molar-refractivity contribution in [3.8, 4) is 0 Å². The molecule has 1 aromatic carbocycles. The van der Waals surface area contributed by atoms with Gasteiger partial charge in [-0.2, -0.15) is 0 Å². The summed E-state index contributed by atoms with van der Waals surface area (Å²) in [4.78, 5) is 22.7. The van der Waals surface area contributed by atoms with Crippen LogP contribution in [0.5, 0.6) is 0 Å². The van der Waals surface area contributed by atoms with E-state index in [1.54, 1.807) is 18.2 Å². The Morgan fingerprint density at radius 2 is 2.07 bits per heavy atom. The van der Waals surface area contributed by atoms with Gasteiger partial charge >= 0.3 is 0 Å². The van der Waals surface area contributed by atoms with Crippen LogP contribution in [0, 0.1) is 0 Å². The van der Waals surface area contributed by atoms with Gasteiger partial charge in [0.05, 0.1) is 17.8 Å². The summed E-state index contributed by atoms with van der Waals surface area (Å²) in [6.07, 6.45) is 0. The normalized spacial score (nSPS) is 15.2. The van der Waals surface area contributed by atoms with Crippen LogP contribution < -0.4 is 10.6 Å². The molecule has 5 heteroatoms. The van der Waals surface area contributed by atoms with Crippen molar-refractivity contribution >= 4 is 33.4 Å². The first-order valence-corrected chi connectivity index (χ1v) is 4.84. The third-order valence-electron chi connectivity index (χ3n) is 1.93. The zero-order valence-corrected chi connectivity index (χ0v) is 8.72. The Balaban J connectivity index is 2.57. The molecular weight excluding hydrogens is 248 g/mol. The number of halogens is 1. The number of carbonyl (C=O) groups excluding carboxylic acids is 2. The molecule has 0 unspecified atom stereocenters. The summed E-state index contributed by atoms with van der Waals surface area (Å²) >= 11 is 3.28. The van der Waals surface area contributed by atoms with E-state index in [2.05, 4.69) is 26.6 Å². The van der Waals surface area contributed by atoms with Crippen LogP contribution in [0.1, 0.15) is 10.4 Å². The molecule has 0 saturated heterocycles. The first-order chi connectivity index (χ1) is 6.68. The standard InChI is InChI=1S/C9H7BrN2O2/c10-6-3-1-2-5-8(6)12-7(13)4-11-9(5)14/h1-3H,4H2,(H,11,14)(H,12,13). The Morgan fingerprint density at radius 3 is 2.86 bits per heavy atom. The van der Waals surface area contributed by atoms with E-state index in [0.717, 1.165) is 0 Å². The van der Waals surface area contributed by atoms with E-state index in [1.165, 1.54) is 0 Å². The zero-order chi connectivity index (χ0) is 10.1. The molecule has 2 N–H and O–H groups in total. The minimum absolute atomic E-state index is 0.0138. The molecule has 0 radical (unpaired) electrons. The highest BCUT2D eigenvalue weighted by Gasteiger charge is 2.19. The van der Waals surface area contributed by atoms with Crippen LogP contribution in [0.3, 0.4) is 0 Å². The minimum atomic E-state index is -0.236. The molecule has 0 fully saturated rings. The van der Waals surface area contributed by atoms with Crippen molar-refractivity contribution in [2.45, 2.75) is 0 Å². The second-order valence-corrected chi connectivity index (χ2v) is 3.75. The second kappa shape index (κ2) is 3.42. The van der Waals surface area contributed by atoms with Gasteiger partial charge in [-0.25, -0.2) is 0 Å². The first-order valence-electron chi connectivity index (χ1n) is 4.05. The van der Waals surface area contributed by atoms with Gasteiger partial charge in [0, 0.05) is 4.47 Å². The average molecular weight is 255 g/mol. The number of amides is 2. The summed E-state index contributed by atoms with van der Waals surface area (Å²) in [5.41, 5.74) is 1.01. The van der Waals surface area contributed by atoms with Gasteiger partial charge in [0.2, 0.25) is 5.91 Å². The van der Waals surface area contributed by atoms with Gasteiger partial charge in [-0.15, -0.1) is 0 Å². The van der Waals surface area contributed by atoms with Crippen LogP contribution >= 0.6 is 15.9 Å². The summed E-state index contributed by atoms with van der Waals surface area (Å²) in [5.74, 6) is -0.455. The van der Waals surface area contributed by atoms with E-state index in [9.17, 15) is 9.59 Å². The number of benzene rings is 1. The molecule has 1 aliphatic heterocycles. The van der Waals surface area contributed by atoms with Gasteiger partial charge in [0.1, 0.15) is 0 Å². The molecule has 1 aliphatic rings. The Hall–Kier alpha value is -1.36. The monoisotopic (exact) mass is 254 g/mol. The molecule has 0 aliphatic carbocycles. The average Bonchev–Trinajstić information content (AvgIpc) is 2.30. The summed E-state index contributed by atoms with van der Waals surface area (Å²) in [6, 6.07) is 5.19. The van der Waals surface area contributed by atoms with Crippen LogP contribution in [-0.4, -0.2) is 18.4 Å². The minimum Gasteiger partial charge on any atom is -0.343 e. The number of hydrogen-bond donors (Lipinski definition) is 2. The molecule has 0 spiro atoms. The first kappa shape index (κ1) is 9.21. The van der Waals surface area contributed by atoms with E-state index in [4.69, 9.17) is 0 Å². The lowest BCUT2D eigenvalue weighted by molar-refractivity contribution is -0.115. The number of fused-ring (bicyclic) bond motifs is 1. The molecule has 2 rings (SSSR count). The second-order valence-electron chi connectivity index (χ2n) is 2.89. The Bertz CT molecular complexity index is 417. The van der Waals surface area contributed by atoms with Crippen molar-refractivity contribution in [2.24, 2.45) is 0 Å². The summed E-state index contributed by atoms with van der Waals surface area (Å²) in [7, 11) is 0. The lowest BCUT2D eigenvalue weighted by atomic mass is 10.1. The maximum Gasteiger partial charge on any atom is 0.253 e. The molecule has 72 valence electrons. The van der Waals surface area contributed by atoms with E-state index in [0.29, 0.717) is 15.7 Å². The molecular formula is C9H7BrN2O2. The summed E-state index contributed by atoms with van der Waals surface area (Å²) in [6.45, 7) is 0.0138.